The van der Waals surface area contributed by atoms with E-state index in [-0.39, 0.29) is 0 Å². The van der Waals surface area contributed by atoms with E-state index >= 15 is 0 Å². The molecule has 0 aliphatic rings. The van der Waals surface area contributed by atoms with Gasteiger partial charge < -0.3 is 5.11 Å². The second kappa shape index (κ2) is 7.75. The average molecular weight is 198 g/mol. The van der Waals surface area contributed by atoms with E-state index in [0.717, 1.165) is 0 Å². The van der Waals surface area contributed by atoms with E-state index in [1.165, 1.54) is 12.6 Å². The largest absolute Gasteiger partial charge is 0.478 e. The van der Waals surface area contributed by atoms with Gasteiger partial charge in [-0.25, -0.2) is 4.79 Å². The molecule has 3 heteroatoms. The summed E-state index contributed by atoms with van der Waals surface area (Å²) in [7, 11) is 2.66. The lowest BCUT2D eigenvalue weighted by Gasteiger charge is -1.88. The Morgan fingerprint density at radius 2 is 1.85 bits per heavy atom. The minimum Gasteiger partial charge on any atom is -0.478 e. The first-order valence-corrected chi connectivity index (χ1v) is 5.02. The number of carboxylic acids is 1. The number of benzene rings is 1. The third-order valence-electron chi connectivity index (χ3n) is 1.31. The average Bonchev–Trinajstić information content (AvgIpc) is 2.19. The minimum atomic E-state index is -0.879. The molecule has 0 spiro atoms. The fourth-order valence-corrected chi connectivity index (χ4v) is 0.581. The van der Waals surface area contributed by atoms with Crippen LogP contribution in [0.5, 0.6) is 0 Å². The molecule has 0 fully saturated rings. The van der Waals surface area contributed by atoms with Crippen molar-refractivity contribution in [1.29, 1.82) is 0 Å². The van der Waals surface area contributed by atoms with Gasteiger partial charge in [0.15, 0.2) is 0 Å². The Labute approximate surface area is 81.2 Å². The molecule has 0 saturated carbocycles. The zero-order chi connectivity index (χ0) is 10.1. The van der Waals surface area contributed by atoms with Gasteiger partial charge >= 0.3 is 5.97 Å². The molecule has 0 radical (unpaired) electrons. The molecule has 1 N–H and O–H groups in total. The highest BCUT2D eigenvalue weighted by Crippen LogP contribution is 1.96. The summed E-state index contributed by atoms with van der Waals surface area (Å²) in [5.41, 5.74) is 0.331. The molecule has 1 atom stereocenters. The molecule has 2 nitrogen and oxygen atoms in total. The van der Waals surface area contributed by atoms with Crippen LogP contribution in [0.3, 0.4) is 0 Å². The normalized spacial score (nSPS) is 8.46. The van der Waals surface area contributed by atoms with Crippen molar-refractivity contribution < 1.29 is 9.90 Å². The molecule has 1 rings (SSSR count). The van der Waals surface area contributed by atoms with Crippen molar-refractivity contribution in [1.82, 2.24) is 0 Å². The highest BCUT2D eigenvalue weighted by Gasteiger charge is 1.96. The van der Waals surface area contributed by atoms with E-state index in [1.807, 2.05) is 0 Å². The summed E-state index contributed by atoms with van der Waals surface area (Å²) in [5, 5.41) is 8.38. The molecule has 0 saturated heterocycles. The van der Waals surface area contributed by atoms with Gasteiger partial charge in [0.1, 0.15) is 0 Å². The van der Waals surface area contributed by atoms with Crippen molar-refractivity contribution >= 4 is 15.2 Å². The van der Waals surface area contributed by atoms with Gasteiger partial charge in [0, 0.05) is 0 Å². The SMILES string of the molecule is CCCP.O=C(O)c1ccccc1. The highest BCUT2D eigenvalue weighted by atomic mass is 31.0. The summed E-state index contributed by atoms with van der Waals surface area (Å²) in [6.45, 7) is 2.16. The fraction of sp³-hybridized carbons (Fsp3) is 0.300. The standard InChI is InChI=1S/C7H6O2.C3H9P/c8-7(9)6-4-2-1-3-5-6;1-2-3-4/h1-5H,(H,8,9);2-4H2,1H3. The maximum absolute atomic E-state index is 10.2. The van der Waals surface area contributed by atoms with Crippen molar-refractivity contribution in [2.24, 2.45) is 0 Å². The molecule has 0 aliphatic heterocycles. The van der Waals surface area contributed by atoms with Crippen LogP contribution in [-0.4, -0.2) is 17.2 Å². The predicted octanol–water partition coefficient (Wildman–Crippen LogP) is 2.66. The maximum Gasteiger partial charge on any atom is 0.335 e. The topological polar surface area (TPSA) is 37.3 Å². The zero-order valence-corrected chi connectivity index (χ0v) is 8.89. The van der Waals surface area contributed by atoms with E-state index < -0.39 is 5.97 Å². The lowest BCUT2D eigenvalue weighted by Crippen LogP contribution is -1.93. The summed E-state index contributed by atoms with van der Waals surface area (Å²) in [4.78, 5) is 10.2. The van der Waals surface area contributed by atoms with Crippen molar-refractivity contribution in [2.45, 2.75) is 13.3 Å². The van der Waals surface area contributed by atoms with Crippen LogP contribution < -0.4 is 0 Å². The Hall–Kier alpha value is -0.880. The van der Waals surface area contributed by atoms with Crippen LogP contribution in [0, 0.1) is 0 Å². The summed E-state index contributed by atoms with van der Waals surface area (Å²) in [5.74, 6) is -0.879. The van der Waals surface area contributed by atoms with Gasteiger partial charge in [0.05, 0.1) is 5.56 Å². The van der Waals surface area contributed by atoms with Crippen LogP contribution in [0.15, 0.2) is 30.3 Å². The van der Waals surface area contributed by atoms with E-state index in [9.17, 15) is 4.79 Å². The van der Waals surface area contributed by atoms with Crippen molar-refractivity contribution in [3.05, 3.63) is 35.9 Å². The van der Waals surface area contributed by atoms with Gasteiger partial charge in [-0.3, -0.25) is 0 Å². The number of rotatable bonds is 2. The first-order valence-electron chi connectivity index (χ1n) is 4.20. The van der Waals surface area contributed by atoms with Gasteiger partial charge in [-0.2, -0.15) is 0 Å². The fourth-order valence-electron chi connectivity index (χ4n) is 0.581. The van der Waals surface area contributed by atoms with Gasteiger partial charge in [-0.05, 0) is 18.3 Å². The van der Waals surface area contributed by atoms with Crippen molar-refractivity contribution in [2.75, 3.05) is 6.16 Å². The van der Waals surface area contributed by atoms with Crippen LogP contribution in [-0.2, 0) is 0 Å². The Kier molecular flexibility index (Phi) is 7.23. The number of carbonyl (C=O) groups is 1. The number of carboxylic acid groups (broad SMARTS) is 1. The van der Waals surface area contributed by atoms with E-state index in [4.69, 9.17) is 5.11 Å². The van der Waals surface area contributed by atoms with Gasteiger partial charge in [-0.1, -0.05) is 31.5 Å². The number of hydrogen-bond donors (Lipinski definition) is 1. The molecule has 1 unspecified atom stereocenters. The van der Waals surface area contributed by atoms with Crippen molar-refractivity contribution in [3.63, 3.8) is 0 Å². The number of hydrogen-bond acceptors (Lipinski definition) is 1. The molecule has 1 aromatic carbocycles. The smallest absolute Gasteiger partial charge is 0.335 e. The monoisotopic (exact) mass is 198 g/mol. The Morgan fingerprint density at radius 3 is 2.08 bits per heavy atom. The lowest BCUT2D eigenvalue weighted by atomic mass is 10.2. The Morgan fingerprint density at radius 1 is 1.38 bits per heavy atom. The first-order chi connectivity index (χ1) is 6.22. The molecule has 0 aromatic heterocycles. The van der Waals surface area contributed by atoms with E-state index in [1.54, 1.807) is 30.3 Å². The van der Waals surface area contributed by atoms with Gasteiger partial charge in [-0.15, -0.1) is 9.24 Å². The first kappa shape index (κ1) is 12.1. The predicted molar refractivity (Wildman–Crippen MR) is 58.3 cm³/mol. The van der Waals surface area contributed by atoms with Crippen LogP contribution in [0.4, 0.5) is 0 Å². The van der Waals surface area contributed by atoms with Crippen LogP contribution >= 0.6 is 9.24 Å². The summed E-state index contributed by atoms with van der Waals surface area (Å²) in [6, 6.07) is 8.30. The highest BCUT2D eigenvalue weighted by molar-refractivity contribution is 7.16. The van der Waals surface area contributed by atoms with Crippen molar-refractivity contribution in [3.8, 4) is 0 Å². The minimum absolute atomic E-state index is 0.331. The second-order valence-corrected chi connectivity index (χ2v) is 3.04. The van der Waals surface area contributed by atoms with Crippen LogP contribution in [0.25, 0.3) is 0 Å². The third kappa shape index (κ3) is 6.30. The summed E-state index contributed by atoms with van der Waals surface area (Å²) >= 11 is 0. The quantitative estimate of drug-likeness (QED) is 0.742. The summed E-state index contributed by atoms with van der Waals surface area (Å²) < 4.78 is 0. The van der Waals surface area contributed by atoms with Crippen LogP contribution in [0.2, 0.25) is 0 Å². The van der Waals surface area contributed by atoms with E-state index in [0.29, 0.717) is 5.56 Å². The van der Waals surface area contributed by atoms with Gasteiger partial charge in [0.25, 0.3) is 0 Å². The molecule has 0 amide bonds. The number of aromatic carboxylic acids is 1. The second-order valence-electron chi connectivity index (χ2n) is 2.46. The molecule has 0 heterocycles. The third-order valence-corrected chi connectivity index (χ3v) is 1.89. The summed E-state index contributed by atoms with van der Waals surface area (Å²) in [6.07, 6.45) is 2.52. The van der Waals surface area contributed by atoms with E-state index in [2.05, 4.69) is 16.2 Å². The maximum atomic E-state index is 10.2. The molecule has 72 valence electrons. The molecule has 0 aliphatic carbocycles. The van der Waals surface area contributed by atoms with Gasteiger partial charge in [0.2, 0.25) is 0 Å². The zero-order valence-electron chi connectivity index (χ0n) is 7.73. The molecule has 1 aromatic rings. The Bertz CT molecular complexity index is 232. The van der Waals surface area contributed by atoms with Crippen LogP contribution in [0.1, 0.15) is 23.7 Å². The molecular weight excluding hydrogens is 183 g/mol. The molecular formula is C10H15O2P. The molecule has 0 bridgehead atoms. The Balaban J connectivity index is 0.000000310. The molecule has 13 heavy (non-hydrogen) atoms. The lowest BCUT2D eigenvalue weighted by molar-refractivity contribution is 0.0697.